The number of hydrogen-bond donors (Lipinski definition) is 1. The van der Waals surface area contributed by atoms with Crippen molar-refractivity contribution < 1.29 is 4.79 Å². The van der Waals surface area contributed by atoms with Crippen LogP contribution in [-0.4, -0.2) is 26.1 Å². The normalized spacial score (nSPS) is 12.2. The number of benzene rings is 2. The Kier molecular flexibility index (Phi) is 4.50. The molecule has 4 rings (SSSR count). The summed E-state index contributed by atoms with van der Waals surface area (Å²) in [6.45, 7) is 1.88. The topological polar surface area (TPSA) is 67.8 Å². The number of hydrogen-bond acceptors (Lipinski definition) is 5. The van der Waals surface area contributed by atoms with E-state index in [1.54, 1.807) is 6.20 Å². The molecule has 0 fully saturated rings. The van der Waals surface area contributed by atoms with Crippen molar-refractivity contribution in [2.45, 2.75) is 17.2 Å². The van der Waals surface area contributed by atoms with Crippen molar-refractivity contribution >= 4 is 45.2 Å². The third-order valence-electron chi connectivity index (χ3n) is 4.07. The van der Waals surface area contributed by atoms with Crippen molar-refractivity contribution in [2.24, 2.45) is 0 Å². The predicted octanol–water partition coefficient (Wildman–Crippen LogP) is 4.30. The molecule has 1 N–H and O–H groups in total. The molecule has 128 valence electrons. The molecule has 2 aromatic carbocycles. The summed E-state index contributed by atoms with van der Waals surface area (Å²) in [4.78, 5) is 25.6. The fourth-order valence-corrected chi connectivity index (χ4v) is 3.65. The van der Waals surface area contributed by atoms with Gasteiger partial charge >= 0.3 is 0 Å². The van der Waals surface area contributed by atoms with Gasteiger partial charge in [-0.25, -0.2) is 9.97 Å². The average Bonchev–Trinajstić information content (AvgIpc) is 2.68. The molecule has 0 saturated heterocycles. The number of aromatic nitrogens is 3. The third-order valence-corrected chi connectivity index (χ3v) is 5.18. The first-order valence-corrected chi connectivity index (χ1v) is 9.11. The molecule has 6 heteroatoms. The lowest BCUT2D eigenvalue weighted by Gasteiger charge is -2.13. The van der Waals surface area contributed by atoms with Crippen LogP contribution >= 0.6 is 11.8 Å². The number of carbonyl (C=O) groups is 1. The Balaban J connectivity index is 1.56. The van der Waals surface area contributed by atoms with Gasteiger partial charge in [-0.3, -0.25) is 9.78 Å². The zero-order chi connectivity index (χ0) is 17.9. The van der Waals surface area contributed by atoms with E-state index in [0.717, 1.165) is 32.5 Å². The van der Waals surface area contributed by atoms with Gasteiger partial charge in [-0.1, -0.05) is 36.0 Å². The second-order valence-electron chi connectivity index (χ2n) is 5.82. The van der Waals surface area contributed by atoms with Crippen molar-refractivity contribution in [2.75, 3.05) is 5.32 Å². The first-order valence-electron chi connectivity index (χ1n) is 8.23. The Labute approximate surface area is 154 Å². The molecular weight excluding hydrogens is 344 g/mol. The Hall–Kier alpha value is -2.99. The minimum atomic E-state index is -0.305. The second-order valence-corrected chi connectivity index (χ2v) is 7.15. The van der Waals surface area contributed by atoms with Crippen LogP contribution in [0.2, 0.25) is 0 Å². The van der Waals surface area contributed by atoms with E-state index < -0.39 is 0 Å². The Bertz CT molecular complexity index is 1090. The Morgan fingerprint density at radius 3 is 2.62 bits per heavy atom. The molecule has 0 spiro atoms. The highest BCUT2D eigenvalue weighted by molar-refractivity contribution is 8.00. The molecule has 26 heavy (non-hydrogen) atoms. The highest BCUT2D eigenvalue weighted by atomic mass is 32.2. The van der Waals surface area contributed by atoms with Crippen LogP contribution in [0.3, 0.4) is 0 Å². The predicted molar refractivity (Wildman–Crippen MR) is 105 cm³/mol. The molecule has 0 saturated carbocycles. The van der Waals surface area contributed by atoms with E-state index in [0.29, 0.717) is 0 Å². The number of para-hydroxylation sites is 1. The number of thioether (sulfide) groups is 1. The summed E-state index contributed by atoms with van der Waals surface area (Å²) in [6, 6.07) is 17.3. The van der Waals surface area contributed by atoms with Crippen LogP contribution in [0.4, 0.5) is 5.69 Å². The van der Waals surface area contributed by atoms with Crippen LogP contribution < -0.4 is 5.32 Å². The minimum Gasteiger partial charge on any atom is -0.324 e. The van der Waals surface area contributed by atoms with Crippen molar-refractivity contribution in [1.82, 2.24) is 15.0 Å². The highest BCUT2D eigenvalue weighted by Crippen LogP contribution is 2.29. The molecule has 0 aliphatic carbocycles. The standard InChI is InChI=1S/C20H16N4OS/c1-13(26-20-15-6-2-3-8-17(15)22-12-23-20)19(25)24-18-10-4-9-16-14(18)7-5-11-21-16/h2-13H,1H3,(H,24,25). The summed E-state index contributed by atoms with van der Waals surface area (Å²) in [5.41, 5.74) is 2.49. The molecule has 1 atom stereocenters. The van der Waals surface area contributed by atoms with Crippen LogP contribution in [0.5, 0.6) is 0 Å². The maximum Gasteiger partial charge on any atom is 0.237 e. The molecule has 2 heterocycles. The SMILES string of the molecule is CC(Sc1ncnc2ccccc12)C(=O)Nc1cccc2ncccc12. The van der Waals surface area contributed by atoms with Gasteiger partial charge in [-0.2, -0.15) is 0 Å². The van der Waals surface area contributed by atoms with Gasteiger partial charge in [0.1, 0.15) is 11.4 Å². The van der Waals surface area contributed by atoms with Crippen molar-refractivity contribution in [3.63, 3.8) is 0 Å². The van der Waals surface area contributed by atoms with E-state index in [1.165, 1.54) is 18.1 Å². The number of fused-ring (bicyclic) bond motifs is 2. The third kappa shape index (κ3) is 3.23. The smallest absolute Gasteiger partial charge is 0.237 e. The van der Waals surface area contributed by atoms with E-state index >= 15 is 0 Å². The molecule has 0 aliphatic rings. The number of anilines is 1. The molecule has 1 amide bonds. The quantitative estimate of drug-likeness (QED) is 0.434. The van der Waals surface area contributed by atoms with Crippen LogP contribution in [0.25, 0.3) is 21.8 Å². The Morgan fingerprint density at radius 1 is 0.923 bits per heavy atom. The maximum atomic E-state index is 12.7. The van der Waals surface area contributed by atoms with Gasteiger partial charge in [0.15, 0.2) is 0 Å². The molecule has 2 aromatic heterocycles. The van der Waals surface area contributed by atoms with E-state index in [-0.39, 0.29) is 11.2 Å². The lowest BCUT2D eigenvalue weighted by molar-refractivity contribution is -0.115. The van der Waals surface area contributed by atoms with Gasteiger partial charge in [-0.15, -0.1) is 0 Å². The summed E-state index contributed by atoms with van der Waals surface area (Å²) < 4.78 is 0. The molecule has 0 aliphatic heterocycles. The zero-order valence-corrected chi connectivity index (χ0v) is 14.9. The van der Waals surface area contributed by atoms with E-state index in [2.05, 4.69) is 20.3 Å². The number of nitrogens with zero attached hydrogens (tertiary/aromatic N) is 3. The first kappa shape index (κ1) is 16.5. The summed E-state index contributed by atoms with van der Waals surface area (Å²) in [5, 5.41) is 5.38. The lowest BCUT2D eigenvalue weighted by Crippen LogP contribution is -2.22. The number of amides is 1. The van der Waals surface area contributed by atoms with Gasteiger partial charge in [0.2, 0.25) is 5.91 Å². The fraction of sp³-hybridized carbons (Fsp3) is 0.100. The molecular formula is C20H16N4OS. The van der Waals surface area contributed by atoms with Gasteiger partial charge < -0.3 is 5.32 Å². The number of carbonyl (C=O) groups excluding carboxylic acids is 1. The second kappa shape index (κ2) is 7.09. The highest BCUT2D eigenvalue weighted by Gasteiger charge is 2.17. The van der Waals surface area contributed by atoms with Gasteiger partial charge in [-0.05, 0) is 37.3 Å². The minimum absolute atomic E-state index is 0.0750. The molecule has 5 nitrogen and oxygen atoms in total. The average molecular weight is 360 g/mol. The van der Waals surface area contributed by atoms with Crippen LogP contribution in [0.15, 0.2) is 72.1 Å². The van der Waals surface area contributed by atoms with E-state index in [9.17, 15) is 4.79 Å². The molecule has 4 aromatic rings. The summed E-state index contributed by atoms with van der Waals surface area (Å²) >= 11 is 1.43. The maximum absolute atomic E-state index is 12.7. The lowest BCUT2D eigenvalue weighted by atomic mass is 10.2. The molecule has 0 bridgehead atoms. The van der Waals surface area contributed by atoms with Crippen LogP contribution in [0.1, 0.15) is 6.92 Å². The summed E-state index contributed by atoms with van der Waals surface area (Å²) in [7, 11) is 0. The zero-order valence-electron chi connectivity index (χ0n) is 14.1. The fourth-order valence-electron chi connectivity index (χ4n) is 2.74. The van der Waals surface area contributed by atoms with Crippen LogP contribution in [0, 0.1) is 0 Å². The van der Waals surface area contributed by atoms with Crippen LogP contribution in [-0.2, 0) is 4.79 Å². The van der Waals surface area contributed by atoms with Crippen molar-refractivity contribution in [3.8, 4) is 0 Å². The van der Waals surface area contributed by atoms with Gasteiger partial charge in [0.25, 0.3) is 0 Å². The van der Waals surface area contributed by atoms with Crippen molar-refractivity contribution in [1.29, 1.82) is 0 Å². The first-order chi connectivity index (χ1) is 12.7. The van der Waals surface area contributed by atoms with Gasteiger partial charge in [0, 0.05) is 17.0 Å². The number of nitrogens with one attached hydrogen (secondary N) is 1. The van der Waals surface area contributed by atoms with E-state index in [1.807, 2.05) is 61.5 Å². The largest absolute Gasteiger partial charge is 0.324 e. The number of rotatable bonds is 4. The summed E-state index contributed by atoms with van der Waals surface area (Å²) in [5.74, 6) is -0.0750. The van der Waals surface area contributed by atoms with Crippen molar-refractivity contribution in [3.05, 3.63) is 67.1 Å². The number of pyridine rings is 1. The van der Waals surface area contributed by atoms with E-state index in [4.69, 9.17) is 0 Å². The molecule has 1 unspecified atom stereocenters. The monoisotopic (exact) mass is 360 g/mol. The molecule has 0 radical (unpaired) electrons. The van der Waals surface area contributed by atoms with Gasteiger partial charge in [0.05, 0.1) is 22.0 Å². The summed E-state index contributed by atoms with van der Waals surface area (Å²) in [6.07, 6.45) is 3.28. The Morgan fingerprint density at radius 2 is 1.69 bits per heavy atom.